The Hall–Kier alpha value is -0.550. The molecule has 16 heavy (non-hydrogen) atoms. The third kappa shape index (κ3) is 9.98. The average Bonchev–Trinajstić information content (AvgIpc) is 2.21. The van der Waals surface area contributed by atoms with Crippen LogP contribution >= 0.6 is 11.8 Å². The summed E-state index contributed by atoms with van der Waals surface area (Å²) in [4.78, 5) is 21.3. The van der Waals surface area contributed by atoms with E-state index in [2.05, 4.69) is 12.2 Å². The SMILES string of the molecule is CCCCSC(CCC(=O)O)NCC(C)=O. The molecule has 1 unspecified atom stereocenters. The largest absolute Gasteiger partial charge is 0.481 e. The number of aliphatic carboxylic acids is 1. The molecule has 0 fully saturated rings. The molecule has 0 aliphatic carbocycles. The number of unbranched alkanes of at least 4 members (excludes halogenated alkanes) is 1. The number of carbonyl (C=O) groups excluding carboxylic acids is 1. The van der Waals surface area contributed by atoms with E-state index in [0.717, 1.165) is 18.6 Å². The Bertz CT molecular complexity index is 203. The van der Waals surface area contributed by atoms with Crippen molar-refractivity contribution in [3.05, 3.63) is 0 Å². The lowest BCUT2D eigenvalue weighted by Gasteiger charge is -2.16. The molecule has 2 N–H and O–H groups in total. The van der Waals surface area contributed by atoms with E-state index in [1.54, 1.807) is 11.8 Å². The van der Waals surface area contributed by atoms with Crippen molar-refractivity contribution in [2.75, 3.05) is 12.3 Å². The first kappa shape index (κ1) is 15.4. The molecular weight excluding hydrogens is 226 g/mol. The second kappa shape index (κ2) is 9.66. The Kier molecular flexibility index (Phi) is 9.33. The van der Waals surface area contributed by atoms with Gasteiger partial charge >= 0.3 is 5.97 Å². The fraction of sp³-hybridized carbons (Fsp3) is 0.818. The highest BCUT2D eigenvalue weighted by molar-refractivity contribution is 7.99. The molecule has 4 nitrogen and oxygen atoms in total. The van der Waals surface area contributed by atoms with Gasteiger partial charge in [0.15, 0.2) is 0 Å². The van der Waals surface area contributed by atoms with Gasteiger partial charge in [-0.25, -0.2) is 0 Å². The molecule has 0 amide bonds. The van der Waals surface area contributed by atoms with Crippen LogP contribution in [-0.2, 0) is 9.59 Å². The Morgan fingerprint density at radius 2 is 2.12 bits per heavy atom. The zero-order chi connectivity index (χ0) is 12.4. The number of ketones is 1. The van der Waals surface area contributed by atoms with E-state index in [0.29, 0.717) is 13.0 Å². The van der Waals surface area contributed by atoms with Crippen molar-refractivity contribution in [2.45, 2.75) is 44.9 Å². The highest BCUT2D eigenvalue weighted by atomic mass is 32.2. The molecule has 0 aliphatic rings. The minimum atomic E-state index is -0.786. The minimum Gasteiger partial charge on any atom is -0.481 e. The van der Waals surface area contributed by atoms with Gasteiger partial charge in [-0.15, -0.1) is 11.8 Å². The third-order valence-electron chi connectivity index (χ3n) is 2.02. The summed E-state index contributed by atoms with van der Waals surface area (Å²) in [5.41, 5.74) is 0. The number of carbonyl (C=O) groups is 2. The summed E-state index contributed by atoms with van der Waals surface area (Å²) < 4.78 is 0. The first-order valence-corrected chi connectivity index (χ1v) is 6.67. The van der Waals surface area contributed by atoms with Crippen LogP contribution in [-0.4, -0.2) is 34.5 Å². The molecule has 0 aromatic carbocycles. The molecule has 0 aromatic rings. The predicted molar refractivity (Wildman–Crippen MR) is 66.7 cm³/mol. The summed E-state index contributed by atoms with van der Waals surface area (Å²) in [6, 6.07) is 0. The van der Waals surface area contributed by atoms with Crippen molar-refractivity contribution in [1.82, 2.24) is 5.32 Å². The Morgan fingerprint density at radius 1 is 1.44 bits per heavy atom. The third-order valence-corrected chi connectivity index (χ3v) is 3.35. The van der Waals surface area contributed by atoms with Crippen LogP contribution in [0.5, 0.6) is 0 Å². The van der Waals surface area contributed by atoms with Gasteiger partial charge in [0.05, 0.1) is 11.9 Å². The fourth-order valence-corrected chi connectivity index (χ4v) is 2.35. The Morgan fingerprint density at radius 3 is 2.62 bits per heavy atom. The second-order valence-electron chi connectivity index (χ2n) is 3.73. The van der Waals surface area contributed by atoms with Gasteiger partial charge in [0.2, 0.25) is 0 Å². The number of nitrogens with one attached hydrogen (secondary N) is 1. The van der Waals surface area contributed by atoms with E-state index in [1.165, 1.54) is 6.92 Å². The highest BCUT2D eigenvalue weighted by Gasteiger charge is 2.11. The number of carboxylic acids is 1. The zero-order valence-corrected chi connectivity index (χ0v) is 10.8. The standard InChI is InChI=1S/C11H21NO3S/c1-3-4-7-16-10(5-6-11(14)15)12-8-9(2)13/h10,12H,3-8H2,1-2H3,(H,14,15). The van der Waals surface area contributed by atoms with Crippen molar-refractivity contribution < 1.29 is 14.7 Å². The monoisotopic (exact) mass is 247 g/mol. The van der Waals surface area contributed by atoms with Gasteiger partial charge in [0.1, 0.15) is 5.78 Å². The molecule has 5 heteroatoms. The number of hydrogen-bond donors (Lipinski definition) is 2. The molecule has 0 saturated carbocycles. The quantitative estimate of drug-likeness (QED) is 0.456. The van der Waals surface area contributed by atoms with Crippen LogP contribution in [0, 0.1) is 0 Å². The smallest absolute Gasteiger partial charge is 0.303 e. The van der Waals surface area contributed by atoms with Crippen LogP contribution in [0.15, 0.2) is 0 Å². The summed E-state index contributed by atoms with van der Waals surface area (Å²) in [6.07, 6.45) is 2.97. The van der Waals surface area contributed by atoms with E-state index < -0.39 is 5.97 Å². The van der Waals surface area contributed by atoms with Gasteiger partial charge in [0.25, 0.3) is 0 Å². The molecule has 0 aromatic heterocycles. The summed E-state index contributed by atoms with van der Waals surface area (Å²) in [6.45, 7) is 3.97. The maximum absolute atomic E-state index is 10.8. The number of carboxylic acid groups (broad SMARTS) is 1. The number of thioether (sulfide) groups is 1. The Labute approximate surface area is 101 Å². The van der Waals surface area contributed by atoms with Crippen molar-refractivity contribution in [3.8, 4) is 0 Å². The lowest BCUT2D eigenvalue weighted by molar-refractivity contribution is -0.137. The normalized spacial score (nSPS) is 12.4. The van der Waals surface area contributed by atoms with Gasteiger partial charge in [-0.2, -0.15) is 0 Å². The average molecular weight is 247 g/mol. The highest BCUT2D eigenvalue weighted by Crippen LogP contribution is 2.15. The summed E-state index contributed by atoms with van der Waals surface area (Å²) in [7, 11) is 0. The predicted octanol–water partition coefficient (Wildman–Crippen LogP) is 1.89. The molecule has 0 radical (unpaired) electrons. The molecule has 0 aliphatic heterocycles. The van der Waals surface area contributed by atoms with E-state index in [-0.39, 0.29) is 17.6 Å². The summed E-state index contributed by atoms with van der Waals surface area (Å²) >= 11 is 1.70. The first-order valence-electron chi connectivity index (χ1n) is 5.62. The molecule has 0 bridgehead atoms. The molecule has 0 rings (SSSR count). The van der Waals surface area contributed by atoms with Crippen molar-refractivity contribution in [2.24, 2.45) is 0 Å². The lowest BCUT2D eigenvalue weighted by atomic mass is 10.3. The van der Waals surface area contributed by atoms with Crippen molar-refractivity contribution in [1.29, 1.82) is 0 Å². The van der Waals surface area contributed by atoms with E-state index >= 15 is 0 Å². The molecule has 94 valence electrons. The lowest BCUT2D eigenvalue weighted by Crippen LogP contribution is -2.31. The van der Waals surface area contributed by atoms with Crippen molar-refractivity contribution in [3.63, 3.8) is 0 Å². The topological polar surface area (TPSA) is 66.4 Å². The van der Waals surface area contributed by atoms with Gasteiger partial charge in [-0.1, -0.05) is 13.3 Å². The molecule has 0 saturated heterocycles. The van der Waals surface area contributed by atoms with E-state index in [1.807, 2.05) is 0 Å². The minimum absolute atomic E-state index is 0.0755. The molecule has 0 heterocycles. The number of Topliss-reactive ketones (excluding diaryl/α,β-unsaturated/α-hetero) is 1. The van der Waals surface area contributed by atoms with Gasteiger partial charge in [-0.3, -0.25) is 14.9 Å². The van der Waals surface area contributed by atoms with Crippen molar-refractivity contribution >= 4 is 23.5 Å². The molecular formula is C11H21NO3S. The number of rotatable bonds is 10. The van der Waals surface area contributed by atoms with Crippen LogP contribution in [0.25, 0.3) is 0 Å². The Balaban J connectivity index is 3.84. The van der Waals surface area contributed by atoms with Gasteiger partial charge in [0, 0.05) is 6.42 Å². The van der Waals surface area contributed by atoms with Crippen LogP contribution in [0.3, 0.4) is 0 Å². The van der Waals surface area contributed by atoms with Crippen LogP contribution in [0.4, 0.5) is 0 Å². The van der Waals surface area contributed by atoms with Crippen LogP contribution in [0.2, 0.25) is 0 Å². The van der Waals surface area contributed by atoms with E-state index in [9.17, 15) is 9.59 Å². The second-order valence-corrected chi connectivity index (χ2v) is 5.04. The molecule has 0 spiro atoms. The maximum atomic E-state index is 10.8. The van der Waals surface area contributed by atoms with Crippen LogP contribution in [0.1, 0.15) is 39.5 Å². The van der Waals surface area contributed by atoms with Crippen LogP contribution < -0.4 is 5.32 Å². The maximum Gasteiger partial charge on any atom is 0.303 e. The van der Waals surface area contributed by atoms with E-state index in [4.69, 9.17) is 5.11 Å². The number of hydrogen-bond acceptors (Lipinski definition) is 4. The zero-order valence-electron chi connectivity index (χ0n) is 9.99. The van der Waals surface area contributed by atoms with Gasteiger partial charge < -0.3 is 5.11 Å². The van der Waals surface area contributed by atoms with Gasteiger partial charge in [-0.05, 0) is 25.5 Å². The first-order chi connectivity index (χ1) is 7.56. The fourth-order valence-electron chi connectivity index (χ4n) is 1.13. The summed E-state index contributed by atoms with van der Waals surface area (Å²) in [5.74, 6) is 0.299. The summed E-state index contributed by atoms with van der Waals surface area (Å²) in [5, 5.41) is 11.8. The molecule has 1 atom stereocenters.